The number of carbonyl (C=O) groups is 1. The molecule has 1 aliphatic carbocycles. The van der Waals surface area contributed by atoms with Crippen molar-refractivity contribution in [1.29, 1.82) is 5.26 Å². The van der Waals surface area contributed by atoms with Crippen LogP contribution in [0.1, 0.15) is 65.6 Å². The maximum Gasteiger partial charge on any atom is 0.251 e. The van der Waals surface area contributed by atoms with Crippen molar-refractivity contribution in [2.75, 3.05) is 19.6 Å². The number of hydrogen-bond acceptors (Lipinski definition) is 4. The number of fused-ring (bicyclic) bond motifs is 1. The largest absolute Gasteiger partial charge is 0.347 e. The lowest BCUT2D eigenvalue weighted by molar-refractivity contribution is 0.0844. The van der Waals surface area contributed by atoms with Gasteiger partial charge in [-0.25, -0.2) is 4.68 Å². The number of amides is 1. The number of nitrogens with one attached hydrogen (secondary N) is 1. The van der Waals surface area contributed by atoms with Gasteiger partial charge in [-0.05, 0) is 79.6 Å². The number of nitriles is 1. The molecule has 1 aromatic heterocycles. The summed E-state index contributed by atoms with van der Waals surface area (Å²) in [6.45, 7) is 3.00. The van der Waals surface area contributed by atoms with E-state index in [0.29, 0.717) is 5.56 Å². The zero-order chi connectivity index (χ0) is 24.1. The summed E-state index contributed by atoms with van der Waals surface area (Å²) in [7, 11) is 0. The van der Waals surface area contributed by atoms with Gasteiger partial charge >= 0.3 is 0 Å². The first-order chi connectivity index (χ1) is 17.1. The first kappa shape index (κ1) is 23.3. The van der Waals surface area contributed by atoms with E-state index >= 15 is 0 Å². The summed E-state index contributed by atoms with van der Waals surface area (Å²) in [6, 6.07) is 18.0. The molecule has 1 aliphatic heterocycles. The highest BCUT2D eigenvalue weighted by molar-refractivity contribution is 5.95. The van der Waals surface area contributed by atoms with Crippen LogP contribution >= 0.6 is 0 Å². The highest BCUT2D eigenvalue weighted by Gasteiger charge is 2.34. The molecule has 0 spiro atoms. The number of rotatable bonds is 6. The van der Waals surface area contributed by atoms with Crippen LogP contribution in [0.2, 0.25) is 0 Å². The Morgan fingerprint density at radius 3 is 2.63 bits per heavy atom. The molecule has 1 N–H and O–H groups in total. The molecule has 0 radical (unpaired) electrons. The molecular formula is C29H33N5O. The molecule has 0 unspecified atom stereocenters. The monoisotopic (exact) mass is 467 g/mol. The van der Waals surface area contributed by atoms with Crippen LogP contribution in [-0.2, 0) is 12.8 Å². The van der Waals surface area contributed by atoms with Crippen LogP contribution < -0.4 is 5.32 Å². The van der Waals surface area contributed by atoms with Gasteiger partial charge in [0.2, 0.25) is 0 Å². The smallest absolute Gasteiger partial charge is 0.251 e. The fourth-order valence-electron chi connectivity index (χ4n) is 5.63. The molecule has 2 aromatic carbocycles. The SMILES string of the molecule is N#Cc1ccc2c(c1)CCN(CCC1(NC(=O)c3cccc(-n4cccn4)c3)CCCCC1)CC2. The summed E-state index contributed by atoms with van der Waals surface area (Å²) in [5.74, 6) is 0.00760. The maximum atomic E-state index is 13.4. The number of hydrogen-bond donors (Lipinski definition) is 1. The van der Waals surface area contributed by atoms with Crippen LogP contribution in [0.5, 0.6) is 0 Å². The lowest BCUT2D eigenvalue weighted by atomic mass is 9.79. The minimum atomic E-state index is -0.149. The topological polar surface area (TPSA) is 74.0 Å². The van der Waals surface area contributed by atoms with E-state index in [1.165, 1.54) is 17.5 Å². The van der Waals surface area contributed by atoms with Crippen LogP contribution in [0.4, 0.5) is 0 Å². The Bertz CT molecular complexity index is 1200. The Balaban J connectivity index is 1.25. The number of aromatic nitrogens is 2. The van der Waals surface area contributed by atoms with Crippen molar-refractivity contribution in [3.05, 3.63) is 83.2 Å². The second-order valence-corrected chi connectivity index (χ2v) is 9.98. The Labute approximate surface area is 207 Å². The minimum Gasteiger partial charge on any atom is -0.347 e. The Hall–Kier alpha value is -3.43. The van der Waals surface area contributed by atoms with Gasteiger partial charge in [0, 0.05) is 43.1 Å². The second-order valence-electron chi connectivity index (χ2n) is 9.98. The van der Waals surface area contributed by atoms with E-state index in [-0.39, 0.29) is 11.4 Å². The van der Waals surface area contributed by atoms with Gasteiger partial charge in [-0.15, -0.1) is 0 Å². The molecule has 0 atom stereocenters. The molecule has 2 heterocycles. The third kappa shape index (κ3) is 5.47. The van der Waals surface area contributed by atoms with Gasteiger partial charge in [-0.2, -0.15) is 10.4 Å². The first-order valence-electron chi connectivity index (χ1n) is 12.8. The summed E-state index contributed by atoms with van der Waals surface area (Å²) in [5.41, 5.74) is 4.85. The molecule has 1 saturated carbocycles. The van der Waals surface area contributed by atoms with Gasteiger partial charge in [0.1, 0.15) is 0 Å². The van der Waals surface area contributed by atoms with Gasteiger partial charge < -0.3 is 10.2 Å². The van der Waals surface area contributed by atoms with E-state index in [1.54, 1.807) is 10.9 Å². The standard InChI is InChI=1S/C29H33N5O/c30-22-23-8-9-24-10-17-33(18-11-25(24)20-23)19-14-29(12-2-1-3-13-29)32-28(35)26-6-4-7-27(21-26)34-16-5-15-31-34/h4-9,15-16,20-21H,1-3,10-14,17-19H2,(H,32,35). The molecule has 180 valence electrons. The zero-order valence-corrected chi connectivity index (χ0v) is 20.2. The molecule has 0 bridgehead atoms. The van der Waals surface area contributed by atoms with E-state index in [4.69, 9.17) is 0 Å². The van der Waals surface area contributed by atoms with Crippen LogP contribution in [0, 0.1) is 11.3 Å². The van der Waals surface area contributed by atoms with E-state index in [0.717, 1.165) is 75.8 Å². The maximum absolute atomic E-state index is 13.4. The average molecular weight is 468 g/mol. The number of benzene rings is 2. The molecule has 6 nitrogen and oxygen atoms in total. The Morgan fingerprint density at radius 2 is 1.86 bits per heavy atom. The first-order valence-corrected chi connectivity index (χ1v) is 12.8. The quantitative estimate of drug-likeness (QED) is 0.572. The van der Waals surface area contributed by atoms with E-state index in [2.05, 4.69) is 33.5 Å². The second kappa shape index (κ2) is 10.5. The van der Waals surface area contributed by atoms with Crippen molar-refractivity contribution in [3.8, 4) is 11.8 Å². The van der Waals surface area contributed by atoms with Crippen molar-refractivity contribution in [3.63, 3.8) is 0 Å². The van der Waals surface area contributed by atoms with Gasteiger partial charge in [-0.3, -0.25) is 4.79 Å². The van der Waals surface area contributed by atoms with Gasteiger partial charge in [0.25, 0.3) is 5.91 Å². The number of nitrogens with zero attached hydrogens (tertiary/aromatic N) is 4. The van der Waals surface area contributed by atoms with Gasteiger partial charge in [0.05, 0.1) is 17.3 Å². The fourth-order valence-corrected chi connectivity index (χ4v) is 5.63. The molecular weight excluding hydrogens is 434 g/mol. The van der Waals surface area contributed by atoms with Crippen LogP contribution in [0.15, 0.2) is 60.9 Å². The van der Waals surface area contributed by atoms with E-state index in [9.17, 15) is 10.1 Å². The normalized spacial score (nSPS) is 17.7. The molecule has 1 amide bonds. The molecule has 0 saturated heterocycles. The summed E-state index contributed by atoms with van der Waals surface area (Å²) < 4.78 is 1.78. The predicted molar refractivity (Wildman–Crippen MR) is 136 cm³/mol. The predicted octanol–water partition coefficient (Wildman–Crippen LogP) is 4.67. The Kier molecular flexibility index (Phi) is 6.96. The molecule has 6 heteroatoms. The minimum absolute atomic E-state index is 0.00760. The summed E-state index contributed by atoms with van der Waals surface area (Å²) in [6.07, 6.45) is 12.2. The van der Waals surface area contributed by atoms with Crippen molar-refractivity contribution in [1.82, 2.24) is 20.0 Å². The van der Waals surface area contributed by atoms with Crippen molar-refractivity contribution in [2.45, 2.75) is 56.9 Å². The lowest BCUT2D eigenvalue weighted by Crippen LogP contribution is -2.51. The van der Waals surface area contributed by atoms with Crippen molar-refractivity contribution < 1.29 is 4.79 Å². The third-order valence-electron chi connectivity index (χ3n) is 7.70. The fraction of sp³-hybridized carbons (Fsp3) is 0.414. The van der Waals surface area contributed by atoms with Gasteiger partial charge in [-0.1, -0.05) is 31.4 Å². The van der Waals surface area contributed by atoms with Crippen LogP contribution in [-0.4, -0.2) is 45.8 Å². The molecule has 35 heavy (non-hydrogen) atoms. The number of carbonyl (C=O) groups excluding carboxylic acids is 1. The molecule has 5 rings (SSSR count). The zero-order valence-electron chi connectivity index (χ0n) is 20.2. The average Bonchev–Trinajstić information content (AvgIpc) is 3.36. The van der Waals surface area contributed by atoms with Crippen molar-refractivity contribution in [2.24, 2.45) is 0 Å². The van der Waals surface area contributed by atoms with Crippen LogP contribution in [0.3, 0.4) is 0 Å². The highest BCUT2D eigenvalue weighted by Crippen LogP contribution is 2.32. The van der Waals surface area contributed by atoms with E-state index in [1.807, 2.05) is 42.6 Å². The highest BCUT2D eigenvalue weighted by atomic mass is 16.1. The Morgan fingerprint density at radius 1 is 1.03 bits per heavy atom. The van der Waals surface area contributed by atoms with Crippen LogP contribution in [0.25, 0.3) is 5.69 Å². The van der Waals surface area contributed by atoms with Crippen molar-refractivity contribution >= 4 is 5.91 Å². The molecule has 1 fully saturated rings. The molecule has 3 aromatic rings. The molecule has 2 aliphatic rings. The summed E-state index contributed by atoms with van der Waals surface area (Å²) >= 11 is 0. The lowest BCUT2D eigenvalue weighted by Gasteiger charge is -2.39. The van der Waals surface area contributed by atoms with E-state index < -0.39 is 0 Å². The van der Waals surface area contributed by atoms with Gasteiger partial charge in [0.15, 0.2) is 0 Å². The third-order valence-corrected chi connectivity index (χ3v) is 7.70. The summed E-state index contributed by atoms with van der Waals surface area (Å²) in [5, 5.41) is 17.0. The summed E-state index contributed by atoms with van der Waals surface area (Å²) in [4.78, 5) is 15.9.